The van der Waals surface area contributed by atoms with Gasteiger partial charge in [0.15, 0.2) is 0 Å². The van der Waals surface area contributed by atoms with Crippen LogP contribution in [0, 0.1) is 5.92 Å². The summed E-state index contributed by atoms with van der Waals surface area (Å²) in [6.45, 7) is 4.08. The molecule has 0 saturated heterocycles. The second-order valence-corrected chi connectivity index (χ2v) is 5.80. The standard InChI is InChI=1S/C15H23N3O2/c1-10(2)13(19)9-17-15(20)12-7-8-16-14(18-12)11-5-3-4-6-11/h7-8,10-11,13,19H,3-6,9H2,1-2H3,(H,17,20). The third-order valence-corrected chi connectivity index (χ3v) is 3.87. The zero-order valence-corrected chi connectivity index (χ0v) is 12.2. The highest BCUT2D eigenvalue weighted by Gasteiger charge is 2.21. The zero-order valence-electron chi connectivity index (χ0n) is 12.2. The van der Waals surface area contributed by atoms with E-state index in [4.69, 9.17) is 0 Å². The van der Waals surface area contributed by atoms with E-state index in [0.717, 1.165) is 18.7 Å². The number of rotatable bonds is 5. The van der Waals surface area contributed by atoms with Gasteiger partial charge in [0.25, 0.3) is 5.91 Å². The van der Waals surface area contributed by atoms with Crippen molar-refractivity contribution in [2.24, 2.45) is 5.92 Å². The number of amides is 1. The smallest absolute Gasteiger partial charge is 0.270 e. The summed E-state index contributed by atoms with van der Waals surface area (Å²) in [4.78, 5) is 20.7. The number of nitrogens with zero attached hydrogens (tertiary/aromatic N) is 2. The van der Waals surface area contributed by atoms with E-state index < -0.39 is 6.10 Å². The molecule has 20 heavy (non-hydrogen) atoms. The Morgan fingerprint density at radius 3 is 2.80 bits per heavy atom. The Kier molecular flexibility index (Phi) is 5.06. The molecule has 1 atom stereocenters. The van der Waals surface area contributed by atoms with Gasteiger partial charge in [0.2, 0.25) is 0 Å². The summed E-state index contributed by atoms with van der Waals surface area (Å²) >= 11 is 0. The van der Waals surface area contributed by atoms with Crippen LogP contribution in [-0.4, -0.2) is 33.6 Å². The quantitative estimate of drug-likeness (QED) is 0.861. The molecule has 1 heterocycles. The van der Waals surface area contributed by atoms with Crippen LogP contribution in [0.5, 0.6) is 0 Å². The molecule has 0 radical (unpaired) electrons. The normalized spacial score (nSPS) is 17.4. The number of aliphatic hydroxyl groups is 1. The first-order valence-corrected chi connectivity index (χ1v) is 7.37. The maximum atomic E-state index is 12.0. The molecule has 0 bridgehead atoms. The van der Waals surface area contributed by atoms with E-state index in [0.29, 0.717) is 11.6 Å². The van der Waals surface area contributed by atoms with Crippen LogP contribution in [-0.2, 0) is 0 Å². The lowest BCUT2D eigenvalue weighted by Crippen LogP contribution is -2.35. The maximum Gasteiger partial charge on any atom is 0.270 e. The Labute approximate surface area is 119 Å². The van der Waals surface area contributed by atoms with Crippen LogP contribution in [0.15, 0.2) is 12.3 Å². The molecule has 5 nitrogen and oxygen atoms in total. The van der Waals surface area contributed by atoms with Crippen molar-refractivity contribution in [2.75, 3.05) is 6.54 Å². The fourth-order valence-electron chi connectivity index (χ4n) is 2.40. The first-order valence-electron chi connectivity index (χ1n) is 7.37. The topological polar surface area (TPSA) is 75.1 Å². The van der Waals surface area contributed by atoms with E-state index in [2.05, 4.69) is 15.3 Å². The van der Waals surface area contributed by atoms with Crippen LogP contribution in [0.1, 0.15) is 61.8 Å². The molecule has 1 amide bonds. The van der Waals surface area contributed by atoms with Gasteiger partial charge < -0.3 is 10.4 Å². The van der Waals surface area contributed by atoms with Gasteiger partial charge in [0.1, 0.15) is 11.5 Å². The highest BCUT2D eigenvalue weighted by Crippen LogP contribution is 2.31. The van der Waals surface area contributed by atoms with E-state index in [1.54, 1.807) is 12.3 Å². The average Bonchev–Trinajstić information content (AvgIpc) is 2.98. The van der Waals surface area contributed by atoms with Crippen molar-refractivity contribution in [3.05, 3.63) is 23.8 Å². The maximum absolute atomic E-state index is 12.0. The minimum atomic E-state index is -0.532. The lowest BCUT2D eigenvalue weighted by Gasteiger charge is -2.15. The first-order chi connectivity index (χ1) is 9.58. The van der Waals surface area contributed by atoms with Gasteiger partial charge in [-0.2, -0.15) is 0 Å². The van der Waals surface area contributed by atoms with Crippen LogP contribution in [0.2, 0.25) is 0 Å². The zero-order chi connectivity index (χ0) is 14.5. The predicted octanol–water partition coefficient (Wildman–Crippen LogP) is 1.88. The first kappa shape index (κ1) is 14.9. The molecule has 0 spiro atoms. The molecule has 2 N–H and O–H groups in total. The minimum Gasteiger partial charge on any atom is -0.391 e. The second-order valence-electron chi connectivity index (χ2n) is 5.80. The van der Waals surface area contributed by atoms with Crippen molar-refractivity contribution in [1.82, 2.24) is 15.3 Å². The van der Waals surface area contributed by atoms with Gasteiger partial charge in [-0.15, -0.1) is 0 Å². The molecule has 1 aliphatic carbocycles. The van der Waals surface area contributed by atoms with E-state index in [-0.39, 0.29) is 18.4 Å². The van der Waals surface area contributed by atoms with Gasteiger partial charge in [-0.25, -0.2) is 9.97 Å². The molecule has 1 fully saturated rings. The monoisotopic (exact) mass is 277 g/mol. The number of carbonyl (C=O) groups is 1. The molecule has 1 saturated carbocycles. The van der Waals surface area contributed by atoms with Gasteiger partial charge in [0, 0.05) is 18.7 Å². The number of aromatic nitrogens is 2. The summed E-state index contributed by atoms with van der Waals surface area (Å²) in [7, 11) is 0. The number of hydrogen-bond acceptors (Lipinski definition) is 4. The fraction of sp³-hybridized carbons (Fsp3) is 0.667. The number of aliphatic hydroxyl groups excluding tert-OH is 1. The highest BCUT2D eigenvalue weighted by atomic mass is 16.3. The van der Waals surface area contributed by atoms with Crippen molar-refractivity contribution in [2.45, 2.75) is 51.6 Å². The van der Waals surface area contributed by atoms with Crippen LogP contribution >= 0.6 is 0 Å². The highest BCUT2D eigenvalue weighted by molar-refractivity contribution is 5.92. The number of nitrogens with one attached hydrogen (secondary N) is 1. The summed E-state index contributed by atoms with van der Waals surface area (Å²) in [6, 6.07) is 1.62. The van der Waals surface area contributed by atoms with Crippen molar-refractivity contribution < 1.29 is 9.90 Å². The number of carbonyl (C=O) groups excluding carboxylic acids is 1. The SMILES string of the molecule is CC(C)C(O)CNC(=O)c1ccnc(C2CCCC2)n1. The lowest BCUT2D eigenvalue weighted by atomic mass is 10.1. The molecule has 1 aromatic rings. The van der Waals surface area contributed by atoms with Crippen LogP contribution in [0.4, 0.5) is 0 Å². The molecular weight excluding hydrogens is 254 g/mol. The summed E-state index contributed by atoms with van der Waals surface area (Å²) in [5.74, 6) is 1.05. The summed E-state index contributed by atoms with van der Waals surface area (Å²) in [5, 5.41) is 12.4. The third kappa shape index (κ3) is 3.76. The summed E-state index contributed by atoms with van der Waals surface area (Å²) in [5.41, 5.74) is 0.387. The molecule has 0 aliphatic heterocycles. The predicted molar refractivity (Wildman–Crippen MR) is 76.4 cm³/mol. The number of hydrogen-bond donors (Lipinski definition) is 2. The van der Waals surface area contributed by atoms with E-state index in [1.165, 1.54) is 12.8 Å². The van der Waals surface area contributed by atoms with Gasteiger partial charge in [-0.1, -0.05) is 26.7 Å². The van der Waals surface area contributed by atoms with E-state index in [1.807, 2.05) is 13.8 Å². The van der Waals surface area contributed by atoms with E-state index in [9.17, 15) is 9.90 Å². The van der Waals surface area contributed by atoms with Crippen molar-refractivity contribution in [3.63, 3.8) is 0 Å². The Balaban J connectivity index is 1.97. The molecule has 1 aliphatic rings. The van der Waals surface area contributed by atoms with Crippen LogP contribution in [0.3, 0.4) is 0 Å². The molecule has 1 unspecified atom stereocenters. The largest absolute Gasteiger partial charge is 0.391 e. The molecule has 110 valence electrons. The average molecular weight is 277 g/mol. The van der Waals surface area contributed by atoms with Crippen molar-refractivity contribution in [1.29, 1.82) is 0 Å². The molecule has 2 rings (SSSR count). The van der Waals surface area contributed by atoms with Crippen molar-refractivity contribution >= 4 is 5.91 Å². The van der Waals surface area contributed by atoms with Gasteiger partial charge >= 0.3 is 0 Å². The van der Waals surface area contributed by atoms with Crippen LogP contribution < -0.4 is 5.32 Å². The lowest BCUT2D eigenvalue weighted by molar-refractivity contribution is 0.0866. The van der Waals surface area contributed by atoms with Crippen molar-refractivity contribution in [3.8, 4) is 0 Å². The Morgan fingerprint density at radius 2 is 2.15 bits per heavy atom. The summed E-state index contributed by atoms with van der Waals surface area (Å²) < 4.78 is 0. The fourth-order valence-corrected chi connectivity index (χ4v) is 2.40. The third-order valence-electron chi connectivity index (χ3n) is 3.87. The molecule has 5 heteroatoms. The van der Waals surface area contributed by atoms with E-state index >= 15 is 0 Å². The van der Waals surface area contributed by atoms with Gasteiger partial charge in [-0.05, 0) is 24.8 Å². The Morgan fingerprint density at radius 1 is 1.45 bits per heavy atom. The van der Waals surface area contributed by atoms with Gasteiger partial charge in [-0.3, -0.25) is 4.79 Å². The molecule has 1 aromatic heterocycles. The Hall–Kier alpha value is -1.49. The summed E-state index contributed by atoms with van der Waals surface area (Å²) in [6.07, 6.45) is 5.76. The minimum absolute atomic E-state index is 0.120. The second kappa shape index (κ2) is 6.79. The Bertz CT molecular complexity index is 456. The molecule has 0 aromatic carbocycles. The van der Waals surface area contributed by atoms with Gasteiger partial charge in [0.05, 0.1) is 6.10 Å². The molecular formula is C15H23N3O2. The van der Waals surface area contributed by atoms with Crippen LogP contribution in [0.25, 0.3) is 0 Å².